The van der Waals surface area contributed by atoms with Crippen LogP contribution < -0.4 is 10.6 Å². The molecule has 0 radical (unpaired) electrons. The van der Waals surface area contributed by atoms with Crippen molar-refractivity contribution in [2.24, 2.45) is 0 Å². The van der Waals surface area contributed by atoms with E-state index < -0.39 is 11.6 Å². The zero-order chi connectivity index (χ0) is 18.5. The minimum Gasteiger partial charge on any atom is -0.367 e. The highest BCUT2D eigenvalue weighted by molar-refractivity contribution is 5.66. The SMILES string of the molecule is CCC(C)Nc1cc(-c2ccccc2)nc(Nc2ccc(F)cc2F)n1. The second-order valence-corrected chi connectivity index (χ2v) is 6.03. The van der Waals surface area contributed by atoms with E-state index in [2.05, 4.69) is 34.4 Å². The summed E-state index contributed by atoms with van der Waals surface area (Å²) in [6.45, 7) is 4.13. The first kappa shape index (κ1) is 17.8. The second-order valence-electron chi connectivity index (χ2n) is 6.03. The van der Waals surface area contributed by atoms with E-state index in [-0.39, 0.29) is 17.7 Å². The van der Waals surface area contributed by atoms with Crippen molar-refractivity contribution < 1.29 is 8.78 Å². The Hall–Kier alpha value is -3.02. The van der Waals surface area contributed by atoms with Crippen molar-refractivity contribution in [2.75, 3.05) is 10.6 Å². The fourth-order valence-corrected chi connectivity index (χ4v) is 2.40. The monoisotopic (exact) mass is 354 g/mol. The number of benzene rings is 2. The minimum atomic E-state index is -0.699. The molecule has 0 saturated carbocycles. The quantitative estimate of drug-likeness (QED) is 0.624. The van der Waals surface area contributed by atoms with E-state index in [9.17, 15) is 8.78 Å². The lowest BCUT2D eigenvalue weighted by Gasteiger charge is -2.15. The zero-order valence-corrected chi connectivity index (χ0v) is 14.6. The number of nitrogens with one attached hydrogen (secondary N) is 2. The van der Waals surface area contributed by atoms with E-state index in [0.717, 1.165) is 18.1 Å². The molecule has 1 unspecified atom stereocenters. The minimum absolute atomic E-state index is 0.117. The molecule has 2 N–H and O–H groups in total. The number of halogens is 2. The predicted octanol–water partition coefficient (Wildman–Crippen LogP) is 5.38. The maximum Gasteiger partial charge on any atom is 0.229 e. The number of rotatable bonds is 6. The van der Waals surface area contributed by atoms with Gasteiger partial charge in [-0.3, -0.25) is 0 Å². The maximum atomic E-state index is 14.0. The Morgan fingerprint density at radius 2 is 1.77 bits per heavy atom. The Balaban J connectivity index is 1.98. The molecule has 6 heteroatoms. The van der Waals surface area contributed by atoms with E-state index in [1.165, 1.54) is 12.1 Å². The Morgan fingerprint density at radius 3 is 2.46 bits per heavy atom. The van der Waals surface area contributed by atoms with Gasteiger partial charge in [0.05, 0.1) is 11.4 Å². The predicted molar refractivity (Wildman–Crippen MR) is 100 cm³/mol. The van der Waals surface area contributed by atoms with E-state index in [1.54, 1.807) is 0 Å². The summed E-state index contributed by atoms with van der Waals surface area (Å²) in [6.07, 6.45) is 0.931. The smallest absolute Gasteiger partial charge is 0.229 e. The molecule has 0 saturated heterocycles. The third-order valence-electron chi connectivity index (χ3n) is 3.98. The molecule has 4 nitrogen and oxygen atoms in total. The molecule has 134 valence electrons. The Bertz CT molecular complexity index is 884. The van der Waals surface area contributed by atoms with Crippen LogP contribution in [0.5, 0.6) is 0 Å². The van der Waals surface area contributed by atoms with Crippen molar-refractivity contribution in [3.05, 3.63) is 66.2 Å². The number of hydrogen-bond donors (Lipinski definition) is 2. The number of hydrogen-bond acceptors (Lipinski definition) is 4. The van der Waals surface area contributed by atoms with E-state index in [1.807, 2.05) is 36.4 Å². The van der Waals surface area contributed by atoms with Crippen molar-refractivity contribution in [2.45, 2.75) is 26.3 Å². The summed E-state index contributed by atoms with van der Waals surface area (Å²) in [4.78, 5) is 8.88. The molecule has 1 heterocycles. The van der Waals surface area contributed by atoms with Gasteiger partial charge >= 0.3 is 0 Å². The largest absolute Gasteiger partial charge is 0.367 e. The molecule has 0 fully saturated rings. The molecule has 1 atom stereocenters. The topological polar surface area (TPSA) is 49.8 Å². The Kier molecular flexibility index (Phi) is 5.41. The molecule has 1 aromatic heterocycles. The summed E-state index contributed by atoms with van der Waals surface area (Å²) < 4.78 is 27.1. The fourth-order valence-electron chi connectivity index (χ4n) is 2.40. The van der Waals surface area contributed by atoms with Crippen molar-refractivity contribution in [1.82, 2.24) is 9.97 Å². The molecular weight excluding hydrogens is 334 g/mol. The van der Waals surface area contributed by atoms with Gasteiger partial charge in [0.25, 0.3) is 0 Å². The van der Waals surface area contributed by atoms with Gasteiger partial charge in [0.1, 0.15) is 17.5 Å². The van der Waals surface area contributed by atoms with Crippen molar-refractivity contribution >= 4 is 17.5 Å². The van der Waals surface area contributed by atoms with Crippen molar-refractivity contribution in [1.29, 1.82) is 0 Å². The highest BCUT2D eigenvalue weighted by Gasteiger charge is 2.11. The number of nitrogens with zero attached hydrogens (tertiary/aromatic N) is 2. The van der Waals surface area contributed by atoms with Crippen LogP contribution in [-0.4, -0.2) is 16.0 Å². The van der Waals surface area contributed by atoms with E-state index in [4.69, 9.17) is 0 Å². The maximum absolute atomic E-state index is 14.0. The molecular formula is C20H20F2N4. The molecule has 0 aliphatic carbocycles. The lowest BCUT2D eigenvalue weighted by molar-refractivity contribution is 0.586. The first-order chi connectivity index (χ1) is 12.5. The van der Waals surface area contributed by atoms with Crippen LogP contribution in [0.15, 0.2) is 54.6 Å². The van der Waals surface area contributed by atoms with Gasteiger partial charge in [-0.2, -0.15) is 4.98 Å². The summed E-state index contributed by atoms with van der Waals surface area (Å²) >= 11 is 0. The second kappa shape index (κ2) is 7.91. The van der Waals surface area contributed by atoms with E-state index >= 15 is 0 Å². The fraction of sp³-hybridized carbons (Fsp3) is 0.200. The van der Waals surface area contributed by atoms with Gasteiger partial charge in [0.2, 0.25) is 5.95 Å². The summed E-state index contributed by atoms with van der Waals surface area (Å²) in [5.74, 6) is -0.456. The van der Waals surface area contributed by atoms with Crippen LogP contribution >= 0.6 is 0 Å². The molecule has 26 heavy (non-hydrogen) atoms. The summed E-state index contributed by atoms with van der Waals surface area (Å²) in [7, 11) is 0. The summed E-state index contributed by atoms with van der Waals surface area (Å²) in [6, 6.07) is 15.1. The van der Waals surface area contributed by atoms with Crippen LogP contribution in [0.3, 0.4) is 0 Å². The molecule has 2 aromatic carbocycles. The summed E-state index contributed by atoms with van der Waals surface area (Å²) in [5.41, 5.74) is 1.74. The third-order valence-corrected chi connectivity index (χ3v) is 3.98. The average Bonchev–Trinajstić information content (AvgIpc) is 2.64. The molecule has 0 bridgehead atoms. The molecule has 0 spiro atoms. The molecule has 0 aliphatic heterocycles. The number of aromatic nitrogens is 2. The molecule has 0 aliphatic rings. The number of anilines is 3. The standard InChI is InChI=1S/C20H20F2N4/c1-3-13(2)23-19-12-18(14-7-5-4-6-8-14)25-20(26-19)24-17-10-9-15(21)11-16(17)22/h4-13H,3H2,1-2H3,(H2,23,24,25,26). The molecule has 3 aromatic rings. The first-order valence-electron chi connectivity index (χ1n) is 8.48. The van der Waals surface area contributed by atoms with Gasteiger partial charge < -0.3 is 10.6 Å². The first-order valence-corrected chi connectivity index (χ1v) is 8.48. The lowest BCUT2D eigenvalue weighted by atomic mass is 10.1. The van der Waals surface area contributed by atoms with Gasteiger partial charge in [0, 0.05) is 23.7 Å². The Labute approximate surface area is 151 Å². The van der Waals surface area contributed by atoms with Crippen LogP contribution in [0, 0.1) is 11.6 Å². The van der Waals surface area contributed by atoms with Crippen molar-refractivity contribution in [3.63, 3.8) is 0 Å². The normalized spacial score (nSPS) is 11.8. The van der Waals surface area contributed by atoms with Gasteiger partial charge in [-0.15, -0.1) is 0 Å². The third kappa shape index (κ3) is 4.33. The van der Waals surface area contributed by atoms with Gasteiger partial charge in [-0.25, -0.2) is 13.8 Å². The highest BCUT2D eigenvalue weighted by atomic mass is 19.1. The Morgan fingerprint density at radius 1 is 1.00 bits per heavy atom. The molecule has 3 rings (SSSR count). The van der Waals surface area contributed by atoms with E-state index in [0.29, 0.717) is 11.5 Å². The van der Waals surface area contributed by atoms with Crippen LogP contribution in [-0.2, 0) is 0 Å². The molecule has 0 amide bonds. The van der Waals surface area contributed by atoms with Gasteiger partial charge in [-0.1, -0.05) is 37.3 Å². The zero-order valence-electron chi connectivity index (χ0n) is 14.6. The van der Waals surface area contributed by atoms with Crippen LogP contribution in [0.4, 0.5) is 26.2 Å². The summed E-state index contributed by atoms with van der Waals surface area (Å²) in [5, 5.41) is 6.14. The van der Waals surface area contributed by atoms with Crippen LogP contribution in [0.1, 0.15) is 20.3 Å². The van der Waals surface area contributed by atoms with Gasteiger partial charge in [-0.05, 0) is 25.5 Å². The van der Waals surface area contributed by atoms with Crippen LogP contribution in [0.25, 0.3) is 11.3 Å². The average molecular weight is 354 g/mol. The van der Waals surface area contributed by atoms with Crippen molar-refractivity contribution in [3.8, 4) is 11.3 Å². The highest BCUT2D eigenvalue weighted by Crippen LogP contribution is 2.25. The van der Waals surface area contributed by atoms with Gasteiger partial charge in [0.15, 0.2) is 0 Å². The van der Waals surface area contributed by atoms with Crippen LogP contribution in [0.2, 0.25) is 0 Å². The lowest BCUT2D eigenvalue weighted by Crippen LogP contribution is -2.15.